The summed E-state index contributed by atoms with van der Waals surface area (Å²) in [5.74, 6) is -2.98. The average Bonchev–Trinajstić information content (AvgIpc) is 2.77. The molecule has 0 radical (unpaired) electrons. The van der Waals surface area contributed by atoms with Gasteiger partial charge in [0.25, 0.3) is 5.91 Å². The number of rotatable bonds is 6. The number of amides is 1. The molecule has 0 saturated heterocycles. The molecule has 18 heavy (non-hydrogen) atoms. The number of carbonyl (C=O) groups is 2. The number of carbonyl (C=O) groups excluding carboxylic acids is 1. The molecule has 8 nitrogen and oxygen atoms in total. The third-order valence-electron chi connectivity index (χ3n) is 2.00. The van der Waals surface area contributed by atoms with Crippen molar-refractivity contribution >= 4 is 17.8 Å². The molecule has 1 unspecified atom stereocenters. The molecule has 1 heterocycles. The van der Waals surface area contributed by atoms with Gasteiger partial charge in [0.2, 0.25) is 0 Å². The van der Waals surface area contributed by atoms with Crippen LogP contribution < -0.4 is 5.32 Å². The van der Waals surface area contributed by atoms with Gasteiger partial charge in [-0.2, -0.15) is 0 Å². The molecule has 0 aliphatic rings. The predicted octanol–water partition coefficient (Wildman–Crippen LogP) is 0.947. The topological polar surface area (TPSA) is 123 Å². The molecule has 8 heteroatoms. The van der Waals surface area contributed by atoms with Gasteiger partial charge >= 0.3 is 11.9 Å². The first-order chi connectivity index (χ1) is 8.45. The number of furan rings is 1. The van der Waals surface area contributed by atoms with Crippen molar-refractivity contribution in [1.29, 1.82) is 0 Å². The molecule has 0 bridgehead atoms. The Morgan fingerprint density at radius 1 is 1.61 bits per heavy atom. The Hall–Kier alpha value is -2.64. The van der Waals surface area contributed by atoms with E-state index in [9.17, 15) is 19.7 Å². The number of hydrogen-bond acceptors (Lipinski definition) is 5. The minimum atomic E-state index is -1.23. The van der Waals surface area contributed by atoms with E-state index in [1.807, 2.05) is 0 Å². The molecule has 0 saturated carbocycles. The number of nitrogens with zero attached hydrogens (tertiary/aromatic N) is 1. The first-order valence-corrected chi connectivity index (χ1v) is 4.84. The Balaban J connectivity index is 2.76. The second-order valence-corrected chi connectivity index (χ2v) is 3.28. The summed E-state index contributed by atoms with van der Waals surface area (Å²) >= 11 is 0. The zero-order valence-corrected chi connectivity index (χ0v) is 9.16. The summed E-state index contributed by atoms with van der Waals surface area (Å²) in [5.41, 5.74) is 0. The van der Waals surface area contributed by atoms with Crippen molar-refractivity contribution < 1.29 is 24.0 Å². The molecular formula is C10H10N2O6. The molecule has 1 amide bonds. The molecule has 96 valence electrons. The zero-order valence-electron chi connectivity index (χ0n) is 9.16. The molecule has 0 aliphatic carbocycles. The summed E-state index contributed by atoms with van der Waals surface area (Å²) in [6, 6.07) is 0.956. The highest BCUT2D eigenvalue weighted by molar-refractivity contribution is 5.94. The fourth-order valence-electron chi connectivity index (χ4n) is 1.17. The molecule has 2 N–H and O–H groups in total. The third kappa shape index (κ3) is 3.17. The van der Waals surface area contributed by atoms with Crippen LogP contribution in [0.3, 0.4) is 0 Å². The van der Waals surface area contributed by atoms with E-state index in [4.69, 9.17) is 5.11 Å². The lowest BCUT2D eigenvalue weighted by molar-refractivity contribution is -0.402. The normalized spacial score (nSPS) is 11.6. The van der Waals surface area contributed by atoms with E-state index >= 15 is 0 Å². The van der Waals surface area contributed by atoms with Gasteiger partial charge in [-0.05, 0) is 12.5 Å². The molecular weight excluding hydrogens is 244 g/mol. The molecule has 0 fully saturated rings. The predicted molar refractivity (Wildman–Crippen MR) is 59.1 cm³/mol. The molecule has 0 spiro atoms. The van der Waals surface area contributed by atoms with Crippen LogP contribution in [0.5, 0.6) is 0 Å². The van der Waals surface area contributed by atoms with Crippen LogP contribution in [0.15, 0.2) is 29.2 Å². The van der Waals surface area contributed by atoms with Crippen molar-refractivity contribution in [2.75, 3.05) is 0 Å². The van der Waals surface area contributed by atoms with Crippen molar-refractivity contribution in [3.63, 3.8) is 0 Å². The highest BCUT2D eigenvalue weighted by Crippen LogP contribution is 2.15. The van der Waals surface area contributed by atoms with Crippen LogP contribution in [-0.4, -0.2) is 27.9 Å². The van der Waals surface area contributed by atoms with Crippen LogP contribution in [0, 0.1) is 10.1 Å². The Bertz CT molecular complexity index is 492. The van der Waals surface area contributed by atoms with E-state index < -0.39 is 28.7 Å². The fourth-order valence-corrected chi connectivity index (χ4v) is 1.17. The molecule has 1 aromatic rings. The second-order valence-electron chi connectivity index (χ2n) is 3.28. The van der Waals surface area contributed by atoms with E-state index in [0.717, 1.165) is 12.1 Å². The summed E-state index contributed by atoms with van der Waals surface area (Å²) < 4.78 is 4.64. The SMILES string of the molecule is C=CCC(NC(=O)c1ccc([N+](=O)[O-])o1)C(=O)O. The van der Waals surface area contributed by atoms with Crippen LogP contribution in [0.4, 0.5) is 5.88 Å². The number of hydrogen-bond donors (Lipinski definition) is 2. The zero-order chi connectivity index (χ0) is 13.7. The summed E-state index contributed by atoms with van der Waals surface area (Å²) in [7, 11) is 0. The Labute approximate surface area is 101 Å². The summed E-state index contributed by atoms with van der Waals surface area (Å²) in [5, 5.41) is 21.3. The number of nitro groups is 1. The van der Waals surface area contributed by atoms with Crippen molar-refractivity contribution in [1.82, 2.24) is 5.32 Å². The highest BCUT2D eigenvalue weighted by atomic mass is 16.6. The molecule has 1 rings (SSSR count). The highest BCUT2D eigenvalue weighted by Gasteiger charge is 2.22. The van der Waals surface area contributed by atoms with Gasteiger partial charge < -0.3 is 14.8 Å². The van der Waals surface area contributed by atoms with Crippen molar-refractivity contribution in [3.05, 3.63) is 40.7 Å². The lowest BCUT2D eigenvalue weighted by Crippen LogP contribution is -2.40. The molecule has 1 aromatic heterocycles. The second kappa shape index (κ2) is 5.62. The smallest absolute Gasteiger partial charge is 0.433 e. The van der Waals surface area contributed by atoms with Crippen molar-refractivity contribution in [3.8, 4) is 0 Å². The van der Waals surface area contributed by atoms with E-state index in [2.05, 4.69) is 16.3 Å². The third-order valence-corrected chi connectivity index (χ3v) is 2.00. The van der Waals surface area contributed by atoms with Gasteiger partial charge in [-0.1, -0.05) is 6.08 Å². The lowest BCUT2D eigenvalue weighted by atomic mass is 10.2. The van der Waals surface area contributed by atoms with E-state index in [1.54, 1.807) is 0 Å². The van der Waals surface area contributed by atoms with Gasteiger partial charge in [0.15, 0.2) is 5.76 Å². The lowest BCUT2D eigenvalue weighted by Gasteiger charge is -2.10. The quantitative estimate of drug-likeness (QED) is 0.442. The van der Waals surface area contributed by atoms with Gasteiger partial charge in [0.05, 0.1) is 6.07 Å². The number of carboxylic acids is 1. The largest absolute Gasteiger partial charge is 0.480 e. The molecule has 0 aromatic carbocycles. The average molecular weight is 254 g/mol. The van der Waals surface area contributed by atoms with Gasteiger partial charge in [0, 0.05) is 0 Å². The van der Waals surface area contributed by atoms with Gasteiger partial charge in [-0.15, -0.1) is 6.58 Å². The maximum absolute atomic E-state index is 11.5. The van der Waals surface area contributed by atoms with E-state index in [1.165, 1.54) is 6.08 Å². The van der Waals surface area contributed by atoms with Gasteiger partial charge in [0.1, 0.15) is 11.0 Å². The maximum atomic E-state index is 11.5. The van der Waals surface area contributed by atoms with Crippen LogP contribution in [0.25, 0.3) is 0 Å². The van der Waals surface area contributed by atoms with Crippen LogP contribution >= 0.6 is 0 Å². The monoisotopic (exact) mass is 254 g/mol. The fraction of sp³-hybridized carbons (Fsp3) is 0.200. The first kappa shape index (κ1) is 13.4. The van der Waals surface area contributed by atoms with E-state index in [-0.39, 0.29) is 12.2 Å². The number of aliphatic carboxylic acids is 1. The molecule has 0 aliphatic heterocycles. The van der Waals surface area contributed by atoms with Gasteiger partial charge in [-0.3, -0.25) is 14.9 Å². The van der Waals surface area contributed by atoms with Crippen molar-refractivity contribution in [2.45, 2.75) is 12.5 Å². The Morgan fingerprint density at radius 3 is 2.72 bits per heavy atom. The number of carboxylic acid groups (broad SMARTS) is 1. The Kier molecular flexibility index (Phi) is 4.19. The molecule has 1 atom stereocenters. The van der Waals surface area contributed by atoms with Crippen LogP contribution in [0.2, 0.25) is 0 Å². The van der Waals surface area contributed by atoms with Crippen LogP contribution in [-0.2, 0) is 4.79 Å². The summed E-state index contributed by atoms with van der Waals surface area (Å²) in [6.07, 6.45) is 1.37. The number of nitrogens with one attached hydrogen (secondary N) is 1. The van der Waals surface area contributed by atoms with Crippen molar-refractivity contribution in [2.24, 2.45) is 0 Å². The Morgan fingerprint density at radius 2 is 2.28 bits per heavy atom. The van der Waals surface area contributed by atoms with Gasteiger partial charge in [-0.25, -0.2) is 4.79 Å². The van der Waals surface area contributed by atoms with E-state index in [0.29, 0.717) is 0 Å². The first-order valence-electron chi connectivity index (χ1n) is 4.84. The summed E-state index contributed by atoms with van der Waals surface area (Å²) in [6.45, 7) is 3.36. The minimum Gasteiger partial charge on any atom is -0.480 e. The maximum Gasteiger partial charge on any atom is 0.433 e. The minimum absolute atomic E-state index is 0.0316. The standard InChI is InChI=1S/C10H10N2O6/c1-2-3-6(10(14)15)11-9(13)7-4-5-8(18-7)12(16)17/h2,4-6H,1,3H2,(H,11,13)(H,14,15). The summed E-state index contributed by atoms with van der Waals surface area (Å²) in [4.78, 5) is 31.9. The van der Waals surface area contributed by atoms with Crippen LogP contribution in [0.1, 0.15) is 17.0 Å².